The molecule has 2 amide bonds. The molecule has 2 rings (SSSR count). The van der Waals surface area contributed by atoms with Gasteiger partial charge < -0.3 is 10.6 Å². The molecular weight excluding hydrogens is 345 g/mol. The lowest BCUT2D eigenvalue weighted by molar-refractivity contribution is -0.137. The van der Waals surface area contributed by atoms with E-state index in [4.69, 9.17) is 0 Å². The fourth-order valence-electron chi connectivity index (χ4n) is 2.30. The smallest absolute Gasteiger partial charge is 0.354 e. The first-order valence-electron chi connectivity index (χ1n) is 8.04. The first kappa shape index (κ1) is 19.5. The number of halogens is 3. The normalized spacial score (nSPS) is 12.3. The van der Waals surface area contributed by atoms with Gasteiger partial charge >= 0.3 is 6.18 Å². The fourth-order valence-corrected chi connectivity index (χ4v) is 2.30. The lowest BCUT2D eigenvalue weighted by Gasteiger charge is -2.13. The fraction of sp³-hybridized carbons (Fsp3) is 0.263. The molecule has 138 valence electrons. The van der Waals surface area contributed by atoms with Crippen molar-refractivity contribution in [1.29, 1.82) is 0 Å². The number of amides is 2. The SMILES string of the molecule is C[C@H](CNC(=O)CNC(=O)c1ccc(C(F)(F)F)cc1)c1ccccc1. The Morgan fingerprint density at radius 1 is 0.962 bits per heavy atom. The van der Waals surface area contributed by atoms with Crippen molar-refractivity contribution < 1.29 is 22.8 Å². The van der Waals surface area contributed by atoms with Gasteiger partial charge in [0.2, 0.25) is 5.91 Å². The van der Waals surface area contributed by atoms with Gasteiger partial charge in [-0.2, -0.15) is 13.2 Å². The predicted molar refractivity (Wildman–Crippen MR) is 91.6 cm³/mol. The van der Waals surface area contributed by atoms with Gasteiger partial charge in [-0.3, -0.25) is 9.59 Å². The van der Waals surface area contributed by atoms with Crippen molar-refractivity contribution in [1.82, 2.24) is 10.6 Å². The van der Waals surface area contributed by atoms with Crippen molar-refractivity contribution in [2.45, 2.75) is 19.0 Å². The van der Waals surface area contributed by atoms with Gasteiger partial charge in [-0.1, -0.05) is 37.3 Å². The summed E-state index contributed by atoms with van der Waals surface area (Å²) in [6, 6.07) is 13.5. The van der Waals surface area contributed by atoms with E-state index < -0.39 is 17.6 Å². The number of nitrogens with one attached hydrogen (secondary N) is 2. The van der Waals surface area contributed by atoms with E-state index in [1.165, 1.54) is 0 Å². The highest BCUT2D eigenvalue weighted by Crippen LogP contribution is 2.29. The molecular formula is C19H19F3N2O2. The Morgan fingerprint density at radius 2 is 1.58 bits per heavy atom. The summed E-state index contributed by atoms with van der Waals surface area (Å²) in [7, 11) is 0. The maximum Gasteiger partial charge on any atom is 0.416 e. The molecule has 0 aliphatic carbocycles. The van der Waals surface area contributed by atoms with Crippen molar-refractivity contribution in [3.63, 3.8) is 0 Å². The third-order valence-electron chi connectivity index (χ3n) is 3.86. The highest BCUT2D eigenvalue weighted by atomic mass is 19.4. The summed E-state index contributed by atoms with van der Waals surface area (Å²) in [4.78, 5) is 23.7. The minimum absolute atomic E-state index is 0.0588. The van der Waals surface area contributed by atoms with Gasteiger partial charge in [0, 0.05) is 12.1 Å². The molecule has 1 atom stereocenters. The first-order chi connectivity index (χ1) is 12.3. The summed E-state index contributed by atoms with van der Waals surface area (Å²) in [5.41, 5.74) is 0.312. The van der Waals surface area contributed by atoms with Crippen molar-refractivity contribution in [2.24, 2.45) is 0 Å². The molecule has 0 heterocycles. The van der Waals surface area contributed by atoms with Crippen molar-refractivity contribution in [2.75, 3.05) is 13.1 Å². The maximum atomic E-state index is 12.5. The van der Waals surface area contributed by atoms with Gasteiger partial charge in [-0.05, 0) is 35.7 Å². The van der Waals surface area contributed by atoms with Crippen molar-refractivity contribution in [3.05, 3.63) is 71.3 Å². The summed E-state index contributed by atoms with van der Waals surface area (Å²) in [5.74, 6) is -0.858. The first-order valence-corrected chi connectivity index (χ1v) is 8.04. The van der Waals surface area contributed by atoms with Crippen LogP contribution in [0.3, 0.4) is 0 Å². The molecule has 0 radical (unpaired) electrons. The quantitative estimate of drug-likeness (QED) is 0.826. The van der Waals surface area contributed by atoms with E-state index >= 15 is 0 Å². The Kier molecular flexibility index (Phi) is 6.38. The lowest BCUT2D eigenvalue weighted by Crippen LogP contribution is -2.38. The number of rotatable bonds is 6. The van der Waals surface area contributed by atoms with Crippen LogP contribution >= 0.6 is 0 Å². The highest BCUT2D eigenvalue weighted by Gasteiger charge is 2.30. The molecule has 0 fully saturated rings. The second kappa shape index (κ2) is 8.51. The number of hydrogen-bond acceptors (Lipinski definition) is 2. The largest absolute Gasteiger partial charge is 0.416 e. The molecule has 2 aromatic carbocycles. The molecule has 0 aromatic heterocycles. The third-order valence-corrected chi connectivity index (χ3v) is 3.86. The molecule has 0 saturated heterocycles. The van der Waals surface area contributed by atoms with E-state index in [0.29, 0.717) is 6.54 Å². The van der Waals surface area contributed by atoms with Crippen LogP contribution in [0.2, 0.25) is 0 Å². The number of alkyl halides is 3. The predicted octanol–water partition coefficient (Wildman–Crippen LogP) is 3.36. The van der Waals surface area contributed by atoms with E-state index in [9.17, 15) is 22.8 Å². The number of carbonyl (C=O) groups is 2. The Labute approximate surface area is 149 Å². The number of hydrogen-bond donors (Lipinski definition) is 2. The Hall–Kier alpha value is -2.83. The standard InChI is InChI=1S/C19H19F3N2O2/c1-13(14-5-3-2-4-6-14)11-23-17(25)12-24-18(26)15-7-9-16(10-8-15)19(20,21)22/h2-10,13H,11-12H2,1H3,(H,23,25)(H,24,26)/t13-/m1/s1. The topological polar surface area (TPSA) is 58.2 Å². The van der Waals surface area contributed by atoms with Gasteiger partial charge in [0.15, 0.2) is 0 Å². The van der Waals surface area contributed by atoms with Crippen LogP contribution in [0, 0.1) is 0 Å². The Morgan fingerprint density at radius 3 is 2.15 bits per heavy atom. The number of carbonyl (C=O) groups excluding carboxylic acids is 2. The molecule has 26 heavy (non-hydrogen) atoms. The molecule has 2 N–H and O–H groups in total. The Balaban J connectivity index is 1.79. The van der Waals surface area contributed by atoms with Gasteiger partial charge in [0.25, 0.3) is 5.91 Å². The maximum absolute atomic E-state index is 12.5. The van der Waals surface area contributed by atoms with Crippen LogP contribution < -0.4 is 10.6 Å². The van der Waals surface area contributed by atoms with Crippen LogP contribution in [0.4, 0.5) is 13.2 Å². The monoisotopic (exact) mass is 364 g/mol. The molecule has 0 aliphatic rings. The highest BCUT2D eigenvalue weighted by molar-refractivity contribution is 5.96. The summed E-state index contributed by atoms with van der Waals surface area (Å²) in [5, 5.41) is 5.10. The van der Waals surface area contributed by atoms with Crippen LogP contribution in [-0.4, -0.2) is 24.9 Å². The van der Waals surface area contributed by atoms with Gasteiger partial charge in [-0.15, -0.1) is 0 Å². The minimum Gasteiger partial charge on any atom is -0.354 e. The average Bonchev–Trinajstić information content (AvgIpc) is 2.64. The van der Waals surface area contributed by atoms with Gasteiger partial charge in [0.05, 0.1) is 12.1 Å². The van der Waals surface area contributed by atoms with Crippen LogP contribution in [0.1, 0.15) is 34.3 Å². The van der Waals surface area contributed by atoms with Gasteiger partial charge in [-0.25, -0.2) is 0 Å². The zero-order chi connectivity index (χ0) is 19.2. The second-order valence-corrected chi connectivity index (χ2v) is 5.87. The lowest BCUT2D eigenvalue weighted by atomic mass is 10.0. The van der Waals surface area contributed by atoms with Crippen LogP contribution in [0.5, 0.6) is 0 Å². The van der Waals surface area contributed by atoms with E-state index in [2.05, 4.69) is 10.6 Å². The number of benzene rings is 2. The molecule has 0 aliphatic heterocycles. The van der Waals surface area contributed by atoms with Crippen LogP contribution in [-0.2, 0) is 11.0 Å². The Bertz CT molecular complexity index is 744. The van der Waals surface area contributed by atoms with E-state index in [1.54, 1.807) is 0 Å². The summed E-state index contributed by atoms with van der Waals surface area (Å²) < 4.78 is 37.5. The molecule has 0 bridgehead atoms. The third kappa shape index (κ3) is 5.61. The van der Waals surface area contributed by atoms with E-state index in [0.717, 1.165) is 29.8 Å². The molecule has 0 unspecified atom stereocenters. The molecule has 7 heteroatoms. The zero-order valence-corrected chi connectivity index (χ0v) is 14.1. The van der Waals surface area contributed by atoms with E-state index in [-0.39, 0.29) is 23.9 Å². The van der Waals surface area contributed by atoms with Crippen molar-refractivity contribution in [3.8, 4) is 0 Å². The molecule has 0 spiro atoms. The minimum atomic E-state index is -4.45. The average molecular weight is 364 g/mol. The molecule has 0 saturated carbocycles. The van der Waals surface area contributed by atoms with Crippen LogP contribution in [0.25, 0.3) is 0 Å². The molecule has 4 nitrogen and oxygen atoms in total. The molecule has 2 aromatic rings. The van der Waals surface area contributed by atoms with Gasteiger partial charge in [0.1, 0.15) is 0 Å². The zero-order valence-electron chi connectivity index (χ0n) is 14.1. The van der Waals surface area contributed by atoms with E-state index in [1.807, 2.05) is 37.3 Å². The summed E-state index contributed by atoms with van der Waals surface area (Å²) >= 11 is 0. The summed E-state index contributed by atoms with van der Waals surface area (Å²) in [6.45, 7) is 2.14. The summed E-state index contributed by atoms with van der Waals surface area (Å²) in [6.07, 6.45) is -4.45. The van der Waals surface area contributed by atoms with Crippen LogP contribution in [0.15, 0.2) is 54.6 Å². The van der Waals surface area contributed by atoms with Crippen molar-refractivity contribution >= 4 is 11.8 Å². The second-order valence-electron chi connectivity index (χ2n) is 5.87.